The molecule has 0 aliphatic heterocycles. The van der Waals surface area contributed by atoms with Crippen molar-refractivity contribution < 1.29 is 4.79 Å². The quantitative estimate of drug-likeness (QED) is 0.447. The monoisotopic (exact) mass is 307 g/mol. The van der Waals surface area contributed by atoms with Gasteiger partial charge in [0.25, 0.3) is 0 Å². The van der Waals surface area contributed by atoms with E-state index >= 15 is 0 Å². The first-order valence-corrected chi connectivity index (χ1v) is 8.71. The maximum atomic E-state index is 11.8. The molecular weight excluding hydrogens is 278 g/mol. The van der Waals surface area contributed by atoms with Crippen molar-refractivity contribution in [3.05, 3.63) is 29.8 Å². The molecule has 0 aliphatic carbocycles. The number of rotatable bonds is 11. The zero-order valence-corrected chi connectivity index (χ0v) is 14.1. The molecule has 0 unspecified atom stereocenters. The van der Waals surface area contributed by atoms with Crippen LogP contribution in [0.4, 0.5) is 0 Å². The Morgan fingerprint density at radius 3 is 2.14 bits per heavy atom. The molecular formula is C18H29NOS. The van der Waals surface area contributed by atoms with E-state index in [9.17, 15) is 4.79 Å². The van der Waals surface area contributed by atoms with Crippen molar-refractivity contribution in [1.29, 1.82) is 0 Å². The smallest absolute Gasteiger partial charge is 0.224 e. The van der Waals surface area contributed by atoms with Crippen molar-refractivity contribution in [3.8, 4) is 0 Å². The topological polar surface area (TPSA) is 29.1 Å². The van der Waals surface area contributed by atoms with Crippen LogP contribution in [-0.2, 0) is 11.2 Å². The van der Waals surface area contributed by atoms with Crippen molar-refractivity contribution in [2.24, 2.45) is 0 Å². The second-order valence-electron chi connectivity index (χ2n) is 5.67. The average molecular weight is 308 g/mol. The lowest BCUT2D eigenvalue weighted by Gasteiger charge is -2.06. The van der Waals surface area contributed by atoms with Gasteiger partial charge in [-0.2, -0.15) is 0 Å². The highest BCUT2D eigenvalue weighted by Crippen LogP contribution is 2.09. The third-order valence-electron chi connectivity index (χ3n) is 3.65. The van der Waals surface area contributed by atoms with Crippen molar-refractivity contribution in [2.45, 2.75) is 69.6 Å². The first-order chi connectivity index (χ1) is 10.2. The molecule has 1 aromatic carbocycles. The van der Waals surface area contributed by atoms with Gasteiger partial charge in [-0.25, -0.2) is 0 Å². The van der Waals surface area contributed by atoms with Crippen LogP contribution in [-0.4, -0.2) is 12.5 Å². The first-order valence-electron chi connectivity index (χ1n) is 8.27. The van der Waals surface area contributed by atoms with E-state index in [4.69, 9.17) is 0 Å². The number of hydrogen-bond acceptors (Lipinski definition) is 2. The Morgan fingerprint density at radius 1 is 0.952 bits per heavy atom. The van der Waals surface area contributed by atoms with Gasteiger partial charge in [0.2, 0.25) is 5.91 Å². The fourth-order valence-corrected chi connectivity index (χ4v) is 2.50. The van der Waals surface area contributed by atoms with E-state index in [0.29, 0.717) is 6.42 Å². The number of carbonyl (C=O) groups is 1. The van der Waals surface area contributed by atoms with Gasteiger partial charge in [0.1, 0.15) is 0 Å². The minimum absolute atomic E-state index is 0.116. The predicted octanol–water partition coefficient (Wildman–Crippen LogP) is 4.77. The van der Waals surface area contributed by atoms with Gasteiger partial charge in [0.05, 0.1) is 6.42 Å². The Labute approximate surface area is 135 Å². The number of nitrogens with one attached hydrogen (secondary N) is 1. The second kappa shape index (κ2) is 11.7. The molecule has 3 heteroatoms. The summed E-state index contributed by atoms with van der Waals surface area (Å²) in [7, 11) is 0. The highest BCUT2D eigenvalue weighted by Gasteiger charge is 2.02. The van der Waals surface area contributed by atoms with Crippen LogP contribution >= 0.6 is 12.6 Å². The molecule has 1 N–H and O–H groups in total. The molecule has 0 radical (unpaired) electrons. The Morgan fingerprint density at radius 2 is 1.52 bits per heavy atom. The molecule has 0 aliphatic rings. The first kappa shape index (κ1) is 18.1. The van der Waals surface area contributed by atoms with Gasteiger partial charge in [-0.3, -0.25) is 4.79 Å². The molecule has 1 rings (SSSR count). The number of hydrogen-bond donors (Lipinski definition) is 2. The molecule has 118 valence electrons. The Kier molecular flexibility index (Phi) is 10.1. The SMILES string of the molecule is CCCCCCCCCCNC(=O)Cc1ccc(S)cc1. The van der Waals surface area contributed by atoms with E-state index < -0.39 is 0 Å². The van der Waals surface area contributed by atoms with Gasteiger partial charge < -0.3 is 5.32 Å². The van der Waals surface area contributed by atoms with Crippen molar-refractivity contribution in [2.75, 3.05) is 6.54 Å². The third kappa shape index (κ3) is 9.57. The zero-order chi connectivity index (χ0) is 15.3. The minimum atomic E-state index is 0.116. The standard InChI is InChI=1S/C18H29NOS/c1-2-3-4-5-6-7-8-9-14-19-18(20)15-16-10-12-17(21)13-11-16/h10-13,21H,2-9,14-15H2,1H3,(H,19,20). The van der Waals surface area contributed by atoms with Crippen LogP contribution in [0.1, 0.15) is 63.9 Å². The van der Waals surface area contributed by atoms with Gasteiger partial charge >= 0.3 is 0 Å². The fourth-order valence-electron chi connectivity index (χ4n) is 2.35. The molecule has 21 heavy (non-hydrogen) atoms. The summed E-state index contributed by atoms with van der Waals surface area (Å²) in [5.41, 5.74) is 1.04. The van der Waals surface area contributed by atoms with E-state index in [0.717, 1.165) is 23.4 Å². The molecule has 0 heterocycles. The van der Waals surface area contributed by atoms with Crippen molar-refractivity contribution >= 4 is 18.5 Å². The maximum absolute atomic E-state index is 11.8. The van der Waals surface area contributed by atoms with Crippen molar-refractivity contribution in [1.82, 2.24) is 5.32 Å². The number of thiol groups is 1. The normalized spacial score (nSPS) is 10.6. The molecule has 1 amide bonds. The lowest BCUT2D eigenvalue weighted by atomic mass is 10.1. The van der Waals surface area contributed by atoms with Crippen LogP contribution in [0.2, 0.25) is 0 Å². The molecule has 0 aromatic heterocycles. The molecule has 0 spiro atoms. The molecule has 0 atom stereocenters. The van der Waals surface area contributed by atoms with E-state index in [1.54, 1.807) is 0 Å². The van der Waals surface area contributed by atoms with Crippen LogP contribution in [0.15, 0.2) is 29.2 Å². The summed E-state index contributed by atoms with van der Waals surface area (Å²) in [4.78, 5) is 12.7. The Balaban J connectivity index is 1.97. The molecule has 0 saturated carbocycles. The van der Waals surface area contributed by atoms with Crippen LogP contribution in [0.5, 0.6) is 0 Å². The second-order valence-corrected chi connectivity index (χ2v) is 6.18. The van der Waals surface area contributed by atoms with Gasteiger partial charge in [-0.05, 0) is 24.1 Å². The molecule has 0 saturated heterocycles. The summed E-state index contributed by atoms with van der Waals surface area (Å²) in [6, 6.07) is 7.75. The van der Waals surface area contributed by atoms with Gasteiger partial charge in [0.15, 0.2) is 0 Å². The molecule has 0 bridgehead atoms. The minimum Gasteiger partial charge on any atom is -0.356 e. The summed E-state index contributed by atoms with van der Waals surface area (Å²) in [6.07, 6.45) is 10.8. The van der Waals surface area contributed by atoms with Gasteiger partial charge in [-0.1, -0.05) is 64.0 Å². The summed E-state index contributed by atoms with van der Waals surface area (Å²) in [5, 5.41) is 3.00. The van der Waals surface area contributed by atoms with Gasteiger partial charge in [-0.15, -0.1) is 12.6 Å². The summed E-state index contributed by atoms with van der Waals surface area (Å²) in [6.45, 7) is 3.05. The third-order valence-corrected chi connectivity index (χ3v) is 3.95. The molecule has 2 nitrogen and oxygen atoms in total. The Bertz CT molecular complexity index is 389. The maximum Gasteiger partial charge on any atom is 0.224 e. The van der Waals surface area contributed by atoms with Crippen LogP contribution in [0.25, 0.3) is 0 Å². The van der Waals surface area contributed by atoms with E-state index in [2.05, 4.69) is 24.9 Å². The lowest BCUT2D eigenvalue weighted by Crippen LogP contribution is -2.26. The van der Waals surface area contributed by atoms with Crippen LogP contribution in [0, 0.1) is 0 Å². The van der Waals surface area contributed by atoms with Crippen LogP contribution in [0.3, 0.4) is 0 Å². The zero-order valence-electron chi connectivity index (χ0n) is 13.2. The van der Waals surface area contributed by atoms with Crippen LogP contribution < -0.4 is 5.32 Å². The summed E-state index contributed by atoms with van der Waals surface area (Å²) in [5.74, 6) is 0.116. The lowest BCUT2D eigenvalue weighted by molar-refractivity contribution is -0.120. The fraction of sp³-hybridized carbons (Fsp3) is 0.611. The van der Waals surface area contributed by atoms with E-state index in [1.807, 2.05) is 24.3 Å². The highest BCUT2D eigenvalue weighted by molar-refractivity contribution is 7.80. The van der Waals surface area contributed by atoms with E-state index in [1.165, 1.54) is 44.9 Å². The highest BCUT2D eigenvalue weighted by atomic mass is 32.1. The number of unbranched alkanes of at least 4 members (excludes halogenated alkanes) is 7. The molecule has 1 aromatic rings. The van der Waals surface area contributed by atoms with Crippen molar-refractivity contribution in [3.63, 3.8) is 0 Å². The summed E-state index contributed by atoms with van der Waals surface area (Å²) < 4.78 is 0. The van der Waals surface area contributed by atoms with Gasteiger partial charge in [0, 0.05) is 11.4 Å². The largest absolute Gasteiger partial charge is 0.356 e. The predicted molar refractivity (Wildman–Crippen MR) is 93.0 cm³/mol. The van der Waals surface area contributed by atoms with E-state index in [-0.39, 0.29) is 5.91 Å². The number of amides is 1. The summed E-state index contributed by atoms with van der Waals surface area (Å²) >= 11 is 4.24. The number of benzene rings is 1. The average Bonchev–Trinajstić information content (AvgIpc) is 2.48. The molecule has 0 fully saturated rings. The Hall–Kier alpha value is -0.960. The number of carbonyl (C=O) groups excluding carboxylic acids is 1.